The van der Waals surface area contributed by atoms with Gasteiger partial charge in [0.1, 0.15) is 0 Å². The molecule has 5 nitrogen and oxygen atoms in total. The smallest absolute Gasteiger partial charge is 0.311 e. The van der Waals surface area contributed by atoms with Crippen LogP contribution in [0.3, 0.4) is 0 Å². The quantitative estimate of drug-likeness (QED) is 0.527. The molecule has 2 aromatic rings. The lowest BCUT2D eigenvalue weighted by Crippen LogP contribution is -2.42. The molecule has 0 spiro atoms. The number of carbonyl (C=O) groups is 1. The number of hydrogen-bond donors (Lipinski definition) is 1. The van der Waals surface area contributed by atoms with Crippen molar-refractivity contribution in [1.82, 2.24) is 0 Å². The van der Waals surface area contributed by atoms with Crippen LogP contribution in [0.2, 0.25) is 0 Å². The average molecular weight is 415 g/mol. The van der Waals surface area contributed by atoms with E-state index >= 15 is 0 Å². The number of methoxy groups -OCH3 is 1. The number of benzene rings is 2. The first-order valence-corrected chi connectivity index (χ1v) is 10.5. The van der Waals surface area contributed by atoms with Gasteiger partial charge in [0.2, 0.25) is 0 Å². The van der Waals surface area contributed by atoms with E-state index in [4.69, 9.17) is 14.2 Å². The fourth-order valence-corrected chi connectivity index (χ4v) is 3.61. The Bertz CT molecular complexity index is 734. The van der Waals surface area contributed by atoms with E-state index in [0.717, 1.165) is 11.1 Å². The van der Waals surface area contributed by atoms with Crippen LogP contribution in [0.1, 0.15) is 31.9 Å². The number of aliphatic hydroxyl groups excluding tert-OH is 1. The second-order valence-corrected chi connectivity index (χ2v) is 7.90. The second-order valence-electron chi connectivity index (χ2n) is 7.90. The van der Waals surface area contributed by atoms with Crippen LogP contribution in [-0.4, -0.2) is 37.0 Å². The molecule has 0 saturated carbocycles. The van der Waals surface area contributed by atoms with E-state index in [2.05, 4.69) is 0 Å². The fourth-order valence-electron chi connectivity index (χ4n) is 3.61. The third-order valence-electron chi connectivity index (χ3n) is 5.48. The highest BCUT2D eigenvalue weighted by Crippen LogP contribution is 2.26. The minimum Gasteiger partial charge on any atom is -0.469 e. The molecule has 0 heterocycles. The van der Waals surface area contributed by atoms with Gasteiger partial charge in [-0.05, 0) is 18.1 Å². The molecule has 1 N–H and O–H groups in total. The molecule has 5 heteroatoms. The first-order valence-electron chi connectivity index (χ1n) is 10.5. The van der Waals surface area contributed by atoms with Crippen molar-refractivity contribution in [1.29, 1.82) is 0 Å². The molecule has 0 saturated heterocycles. The third-order valence-corrected chi connectivity index (χ3v) is 5.48. The summed E-state index contributed by atoms with van der Waals surface area (Å²) in [5.74, 6) is -1.32. The summed E-state index contributed by atoms with van der Waals surface area (Å²) in [6, 6.07) is 19.9. The van der Waals surface area contributed by atoms with Gasteiger partial charge in [0, 0.05) is 11.8 Å². The van der Waals surface area contributed by atoms with Gasteiger partial charge < -0.3 is 19.3 Å². The van der Waals surface area contributed by atoms with Crippen molar-refractivity contribution < 1.29 is 24.1 Å². The zero-order chi connectivity index (χ0) is 21.9. The number of ether oxygens (including phenoxy) is 3. The van der Waals surface area contributed by atoms with Crippen molar-refractivity contribution in [2.75, 3.05) is 13.7 Å². The van der Waals surface area contributed by atoms with Gasteiger partial charge in [-0.3, -0.25) is 4.79 Å². The van der Waals surface area contributed by atoms with Gasteiger partial charge in [-0.15, -0.1) is 0 Å². The summed E-state index contributed by atoms with van der Waals surface area (Å²) in [6.45, 7) is 7.07. The lowest BCUT2D eigenvalue weighted by Gasteiger charge is -2.34. The van der Waals surface area contributed by atoms with Gasteiger partial charge in [-0.25, -0.2) is 0 Å². The highest BCUT2D eigenvalue weighted by atomic mass is 16.5. The molecular formula is C25H34O5. The molecule has 0 amide bonds. The van der Waals surface area contributed by atoms with E-state index in [1.807, 2.05) is 74.5 Å². The molecule has 0 radical (unpaired) electrons. The zero-order valence-corrected chi connectivity index (χ0v) is 18.4. The Labute approximate surface area is 180 Å². The SMILES string of the molecule is COC(=O)[C@@H](C)[C@H](O)[C@@H](C)[C@@H](OCc1ccccc1)[C@@H](C)COCc1ccccc1. The Kier molecular flexibility index (Phi) is 10.0. The number of hydrogen-bond acceptors (Lipinski definition) is 5. The molecule has 0 aliphatic rings. The predicted molar refractivity (Wildman–Crippen MR) is 117 cm³/mol. The van der Waals surface area contributed by atoms with E-state index in [-0.39, 0.29) is 17.9 Å². The number of esters is 1. The molecule has 0 fully saturated rings. The largest absolute Gasteiger partial charge is 0.469 e. The number of carbonyl (C=O) groups excluding carboxylic acids is 1. The third kappa shape index (κ3) is 7.24. The average Bonchev–Trinajstić information content (AvgIpc) is 2.78. The topological polar surface area (TPSA) is 65.0 Å². The molecule has 0 bridgehead atoms. The summed E-state index contributed by atoms with van der Waals surface area (Å²) in [7, 11) is 1.33. The van der Waals surface area contributed by atoms with E-state index in [0.29, 0.717) is 19.8 Å². The number of rotatable bonds is 12. The van der Waals surface area contributed by atoms with Crippen molar-refractivity contribution >= 4 is 5.97 Å². The first-order chi connectivity index (χ1) is 14.4. The second kappa shape index (κ2) is 12.5. The van der Waals surface area contributed by atoms with Crippen molar-refractivity contribution in [3.05, 3.63) is 71.8 Å². The van der Waals surface area contributed by atoms with Crippen molar-refractivity contribution in [2.24, 2.45) is 17.8 Å². The van der Waals surface area contributed by atoms with E-state index in [9.17, 15) is 9.90 Å². The van der Waals surface area contributed by atoms with Crippen LogP contribution < -0.4 is 0 Å². The monoisotopic (exact) mass is 414 g/mol. The minimum absolute atomic E-state index is 0.0203. The highest BCUT2D eigenvalue weighted by molar-refractivity contribution is 5.72. The Morgan fingerprint density at radius 1 is 0.900 bits per heavy atom. The van der Waals surface area contributed by atoms with Crippen LogP contribution in [0.4, 0.5) is 0 Å². The van der Waals surface area contributed by atoms with Crippen LogP contribution in [0.15, 0.2) is 60.7 Å². The summed E-state index contributed by atoms with van der Waals surface area (Å²) < 4.78 is 17.0. The molecule has 164 valence electrons. The molecule has 2 aromatic carbocycles. The molecule has 0 unspecified atom stereocenters. The van der Waals surface area contributed by atoms with E-state index in [1.165, 1.54) is 7.11 Å². The fraction of sp³-hybridized carbons (Fsp3) is 0.480. The summed E-state index contributed by atoms with van der Waals surface area (Å²) in [4.78, 5) is 11.9. The van der Waals surface area contributed by atoms with Crippen LogP contribution in [0, 0.1) is 17.8 Å². The molecule has 0 aliphatic heterocycles. The van der Waals surface area contributed by atoms with Gasteiger partial charge in [-0.2, -0.15) is 0 Å². The summed E-state index contributed by atoms with van der Waals surface area (Å²) in [5, 5.41) is 10.8. The minimum atomic E-state index is -0.880. The van der Waals surface area contributed by atoms with Gasteiger partial charge in [0.25, 0.3) is 0 Å². The molecular weight excluding hydrogens is 380 g/mol. The lowest BCUT2D eigenvalue weighted by molar-refractivity contribution is -0.153. The van der Waals surface area contributed by atoms with Crippen molar-refractivity contribution in [3.8, 4) is 0 Å². The standard InChI is InChI=1S/C25H34O5/c1-18(15-29-16-21-11-7-5-8-12-21)24(30-17-22-13-9-6-10-14-22)19(2)23(26)20(3)25(27)28-4/h5-14,18-20,23-24,26H,15-17H2,1-4H3/t18-,19+,20-,23+,24-/m0/s1. The summed E-state index contributed by atoms with van der Waals surface area (Å²) in [6.07, 6.45) is -1.17. The molecule has 0 aromatic heterocycles. The Balaban J connectivity index is 2.03. The van der Waals surface area contributed by atoms with Crippen LogP contribution in [0.5, 0.6) is 0 Å². The first kappa shape index (κ1) is 24.1. The van der Waals surface area contributed by atoms with Gasteiger partial charge >= 0.3 is 5.97 Å². The molecule has 5 atom stereocenters. The lowest BCUT2D eigenvalue weighted by atomic mass is 9.84. The molecule has 30 heavy (non-hydrogen) atoms. The van der Waals surface area contributed by atoms with Gasteiger partial charge in [0.05, 0.1) is 45.1 Å². The zero-order valence-electron chi connectivity index (χ0n) is 18.4. The summed E-state index contributed by atoms with van der Waals surface area (Å²) >= 11 is 0. The predicted octanol–water partition coefficient (Wildman–Crippen LogP) is 4.23. The van der Waals surface area contributed by atoms with Crippen LogP contribution >= 0.6 is 0 Å². The Morgan fingerprint density at radius 2 is 1.43 bits per heavy atom. The van der Waals surface area contributed by atoms with E-state index in [1.54, 1.807) is 6.92 Å². The Morgan fingerprint density at radius 3 is 1.97 bits per heavy atom. The number of aliphatic hydroxyl groups is 1. The normalized spacial score (nSPS) is 16.3. The van der Waals surface area contributed by atoms with Gasteiger partial charge in [0.15, 0.2) is 0 Å². The van der Waals surface area contributed by atoms with Crippen molar-refractivity contribution in [2.45, 2.75) is 46.2 Å². The maximum absolute atomic E-state index is 11.9. The molecule has 0 aliphatic carbocycles. The highest BCUT2D eigenvalue weighted by Gasteiger charge is 2.35. The van der Waals surface area contributed by atoms with Gasteiger partial charge in [-0.1, -0.05) is 74.5 Å². The maximum Gasteiger partial charge on any atom is 0.311 e. The Hall–Kier alpha value is -2.21. The molecule has 2 rings (SSSR count). The van der Waals surface area contributed by atoms with Crippen LogP contribution in [-0.2, 0) is 32.2 Å². The maximum atomic E-state index is 11.9. The van der Waals surface area contributed by atoms with Crippen LogP contribution in [0.25, 0.3) is 0 Å². The van der Waals surface area contributed by atoms with Crippen molar-refractivity contribution in [3.63, 3.8) is 0 Å². The van der Waals surface area contributed by atoms with E-state index < -0.39 is 18.0 Å². The summed E-state index contributed by atoms with van der Waals surface area (Å²) in [5.41, 5.74) is 2.17.